The fourth-order valence-corrected chi connectivity index (χ4v) is 3.12. The molecule has 1 aliphatic carbocycles. The van der Waals surface area contributed by atoms with Gasteiger partial charge in [0.2, 0.25) is 5.89 Å². The Morgan fingerprint density at radius 3 is 2.75 bits per heavy atom. The van der Waals surface area contributed by atoms with Crippen molar-refractivity contribution in [2.75, 3.05) is 6.54 Å². The molecule has 1 atom stereocenters. The summed E-state index contributed by atoms with van der Waals surface area (Å²) in [6, 6.07) is -0.0910. The first-order valence-corrected chi connectivity index (χ1v) is 8.63. The van der Waals surface area contributed by atoms with Crippen molar-refractivity contribution in [1.82, 2.24) is 24.8 Å². The van der Waals surface area contributed by atoms with E-state index < -0.39 is 0 Å². The summed E-state index contributed by atoms with van der Waals surface area (Å²) in [5.74, 6) is 1.79. The van der Waals surface area contributed by atoms with E-state index in [2.05, 4.69) is 36.0 Å². The molecule has 0 aromatic carbocycles. The number of hydrogen-bond donors (Lipinski definition) is 0. The van der Waals surface area contributed by atoms with E-state index in [9.17, 15) is 4.79 Å². The van der Waals surface area contributed by atoms with E-state index in [0.717, 1.165) is 38.1 Å². The van der Waals surface area contributed by atoms with Crippen molar-refractivity contribution in [2.45, 2.75) is 64.0 Å². The molecular formula is C17H23N5O2. The molecule has 2 aromatic rings. The van der Waals surface area contributed by atoms with Gasteiger partial charge in [0.15, 0.2) is 5.82 Å². The third kappa shape index (κ3) is 2.72. The second-order valence-electron chi connectivity index (χ2n) is 7.77. The van der Waals surface area contributed by atoms with Crippen LogP contribution < -0.4 is 0 Å². The van der Waals surface area contributed by atoms with E-state index >= 15 is 0 Å². The second-order valence-corrected chi connectivity index (χ2v) is 7.77. The van der Waals surface area contributed by atoms with Crippen molar-refractivity contribution in [3.63, 3.8) is 0 Å². The molecule has 0 spiro atoms. The third-order valence-electron chi connectivity index (χ3n) is 4.71. The van der Waals surface area contributed by atoms with Crippen molar-refractivity contribution in [3.05, 3.63) is 29.7 Å². The topological polar surface area (TPSA) is 77.0 Å². The average Bonchev–Trinajstić information content (AvgIpc) is 3.02. The van der Waals surface area contributed by atoms with Gasteiger partial charge in [0, 0.05) is 18.7 Å². The second kappa shape index (κ2) is 5.43. The number of carbonyl (C=O) groups is 1. The molecule has 0 bridgehead atoms. The van der Waals surface area contributed by atoms with Crippen molar-refractivity contribution < 1.29 is 9.32 Å². The van der Waals surface area contributed by atoms with Gasteiger partial charge in [-0.15, -0.1) is 0 Å². The molecule has 1 aliphatic heterocycles. The monoisotopic (exact) mass is 329 g/mol. The van der Waals surface area contributed by atoms with Gasteiger partial charge in [-0.05, 0) is 46.5 Å². The third-order valence-corrected chi connectivity index (χ3v) is 4.71. The number of amides is 1. The SMILES string of the molecule is CC(C)(C)n1cc(C(=O)N2CCCC2c2noc(C3CC3)n2)cn1. The predicted octanol–water partition coefficient (Wildman–Crippen LogP) is 2.88. The summed E-state index contributed by atoms with van der Waals surface area (Å²) in [6.07, 6.45) is 7.56. The minimum absolute atomic E-state index is 0.00854. The van der Waals surface area contributed by atoms with Crippen LogP contribution in [0.3, 0.4) is 0 Å². The number of hydrogen-bond acceptors (Lipinski definition) is 5. The van der Waals surface area contributed by atoms with Gasteiger partial charge < -0.3 is 9.42 Å². The first kappa shape index (κ1) is 15.4. The van der Waals surface area contributed by atoms with Gasteiger partial charge >= 0.3 is 0 Å². The molecule has 2 aromatic heterocycles. The molecule has 0 N–H and O–H groups in total. The van der Waals surface area contributed by atoms with Gasteiger partial charge in [-0.1, -0.05) is 5.16 Å². The van der Waals surface area contributed by atoms with Gasteiger partial charge in [0.1, 0.15) is 0 Å². The maximum Gasteiger partial charge on any atom is 0.257 e. The summed E-state index contributed by atoms with van der Waals surface area (Å²) in [6.45, 7) is 6.90. The summed E-state index contributed by atoms with van der Waals surface area (Å²) < 4.78 is 7.19. The molecule has 2 fully saturated rings. The van der Waals surface area contributed by atoms with Crippen LogP contribution in [0.15, 0.2) is 16.9 Å². The normalized spacial score (nSPS) is 21.5. The molecule has 3 heterocycles. The fraction of sp³-hybridized carbons (Fsp3) is 0.647. The maximum atomic E-state index is 12.9. The smallest absolute Gasteiger partial charge is 0.257 e. The van der Waals surface area contributed by atoms with E-state index in [1.165, 1.54) is 0 Å². The minimum Gasteiger partial charge on any atom is -0.339 e. The van der Waals surface area contributed by atoms with Crippen LogP contribution in [0.25, 0.3) is 0 Å². The van der Waals surface area contributed by atoms with E-state index in [-0.39, 0.29) is 17.5 Å². The number of likely N-dealkylation sites (tertiary alicyclic amines) is 1. The lowest BCUT2D eigenvalue weighted by Gasteiger charge is -2.22. The summed E-state index contributed by atoms with van der Waals surface area (Å²) in [5.41, 5.74) is 0.471. The number of aromatic nitrogens is 4. The summed E-state index contributed by atoms with van der Waals surface area (Å²) in [4.78, 5) is 19.3. The van der Waals surface area contributed by atoms with E-state index in [1.54, 1.807) is 6.20 Å². The Morgan fingerprint density at radius 1 is 1.29 bits per heavy atom. The highest BCUT2D eigenvalue weighted by molar-refractivity contribution is 5.94. The number of carbonyl (C=O) groups excluding carboxylic acids is 1. The summed E-state index contributed by atoms with van der Waals surface area (Å²) in [5, 5.41) is 8.46. The predicted molar refractivity (Wildman–Crippen MR) is 86.5 cm³/mol. The van der Waals surface area contributed by atoms with Crippen LogP contribution in [0.4, 0.5) is 0 Å². The van der Waals surface area contributed by atoms with Crippen LogP contribution in [0.1, 0.15) is 80.5 Å². The van der Waals surface area contributed by atoms with Crippen molar-refractivity contribution >= 4 is 5.91 Å². The lowest BCUT2D eigenvalue weighted by Crippen LogP contribution is -2.31. The van der Waals surface area contributed by atoms with Gasteiger partial charge in [-0.2, -0.15) is 10.1 Å². The van der Waals surface area contributed by atoms with Crippen LogP contribution in [-0.4, -0.2) is 37.3 Å². The number of rotatable bonds is 3. The van der Waals surface area contributed by atoms with Gasteiger partial charge in [-0.25, -0.2) is 0 Å². The van der Waals surface area contributed by atoms with Crippen LogP contribution in [0, 0.1) is 0 Å². The molecule has 1 saturated carbocycles. The average molecular weight is 329 g/mol. The minimum atomic E-state index is -0.143. The van der Waals surface area contributed by atoms with E-state index in [1.807, 2.05) is 15.8 Å². The Kier molecular flexibility index (Phi) is 3.47. The van der Waals surface area contributed by atoms with Crippen LogP contribution in [-0.2, 0) is 5.54 Å². The first-order chi connectivity index (χ1) is 11.4. The molecule has 7 nitrogen and oxygen atoms in total. The van der Waals surface area contributed by atoms with E-state index in [4.69, 9.17) is 4.52 Å². The lowest BCUT2D eigenvalue weighted by atomic mass is 10.1. The largest absolute Gasteiger partial charge is 0.339 e. The Morgan fingerprint density at radius 2 is 2.08 bits per heavy atom. The standard InChI is InChI=1S/C17H23N5O2/c1-17(2,3)22-10-12(9-18-22)16(23)21-8-4-5-13(21)14-19-15(24-20-14)11-6-7-11/h9-11,13H,4-8H2,1-3H3. The lowest BCUT2D eigenvalue weighted by molar-refractivity contribution is 0.0728. The zero-order chi connectivity index (χ0) is 16.9. The zero-order valence-electron chi connectivity index (χ0n) is 14.4. The van der Waals surface area contributed by atoms with Crippen molar-refractivity contribution in [3.8, 4) is 0 Å². The Bertz CT molecular complexity index is 753. The van der Waals surface area contributed by atoms with Crippen LogP contribution in [0.2, 0.25) is 0 Å². The molecule has 1 unspecified atom stereocenters. The van der Waals surface area contributed by atoms with Crippen LogP contribution >= 0.6 is 0 Å². The highest BCUT2D eigenvalue weighted by Gasteiger charge is 2.36. The van der Waals surface area contributed by atoms with E-state index in [0.29, 0.717) is 17.3 Å². The van der Waals surface area contributed by atoms with Crippen molar-refractivity contribution in [1.29, 1.82) is 0 Å². The zero-order valence-corrected chi connectivity index (χ0v) is 14.4. The highest BCUT2D eigenvalue weighted by atomic mass is 16.5. The molecule has 2 aliphatic rings. The quantitative estimate of drug-likeness (QED) is 0.865. The van der Waals surface area contributed by atoms with Gasteiger partial charge in [0.05, 0.1) is 23.3 Å². The molecule has 7 heteroatoms. The molecule has 128 valence electrons. The van der Waals surface area contributed by atoms with Gasteiger partial charge in [-0.3, -0.25) is 9.48 Å². The number of nitrogens with zero attached hydrogens (tertiary/aromatic N) is 5. The highest BCUT2D eigenvalue weighted by Crippen LogP contribution is 2.40. The molecule has 24 heavy (non-hydrogen) atoms. The molecule has 0 radical (unpaired) electrons. The Hall–Kier alpha value is -2.18. The van der Waals surface area contributed by atoms with Crippen molar-refractivity contribution in [2.24, 2.45) is 0 Å². The molecule has 1 amide bonds. The molecular weight excluding hydrogens is 306 g/mol. The molecule has 4 rings (SSSR count). The fourth-order valence-electron chi connectivity index (χ4n) is 3.12. The van der Waals surface area contributed by atoms with Gasteiger partial charge in [0.25, 0.3) is 5.91 Å². The van der Waals surface area contributed by atoms with Crippen LogP contribution in [0.5, 0.6) is 0 Å². The molecule has 1 saturated heterocycles. The Labute approximate surface area is 141 Å². The summed E-state index contributed by atoms with van der Waals surface area (Å²) >= 11 is 0. The maximum absolute atomic E-state index is 12.9. The first-order valence-electron chi connectivity index (χ1n) is 8.63. The summed E-state index contributed by atoms with van der Waals surface area (Å²) in [7, 11) is 0. The Balaban J connectivity index is 1.55.